The average Bonchev–Trinajstić information content (AvgIpc) is 3.09. The number of benzene rings is 1. The molecule has 0 radical (unpaired) electrons. The summed E-state index contributed by atoms with van der Waals surface area (Å²) in [6.45, 7) is 4.32. The second-order valence-electron chi connectivity index (χ2n) is 5.84. The van der Waals surface area contributed by atoms with Gasteiger partial charge in [-0.15, -0.1) is 0 Å². The number of nitrogens with one attached hydrogen (secondary N) is 1. The topological polar surface area (TPSA) is 41.6 Å². The molecule has 22 heavy (non-hydrogen) atoms. The van der Waals surface area contributed by atoms with Crippen molar-refractivity contribution in [3.63, 3.8) is 0 Å². The predicted octanol–water partition coefficient (Wildman–Crippen LogP) is 3.42. The van der Waals surface area contributed by atoms with E-state index >= 15 is 0 Å². The Balaban J connectivity index is 1.77. The number of nitrogens with zero attached hydrogens (tertiary/aromatic N) is 1. The number of amides is 1. The van der Waals surface area contributed by atoms with E-state index in [0.29, 0.717) is 23.1 Å². The molecule has 6 heteroatoms. The molecule has 0 aliphatic carbocycles. The first-order valence-corrected chi connectivity index (χ1v) is 8.53. The zero-order valence-electron chi connectivity index (χ0n) is 12.6. The molecule has 2 heterocycles. The number of hydrogen-bond acceptors (Lipinski definition) is 3. The maximum absolute atomic E-state index is 11.7. The number of fused-ring (bicyclic) bond motifs is 1. The summed E-state index contributed by atoms with van der Waals surface area (Å²) in [5.41, 5.74) is 2.11. The van der Waals surface area contributed by atoms with E-state index in [1.807, 2.05) is 6.92 Å². The van der Waals surface area contributed by atoms with Crippen molar-refractivity contribution in [2.45, 2.75) is 38.6 Å². The third-order valence-electron chi connectivity index (χ3n) is 4.20. The minimum absolute atomic E-state index is 0.130. The minimum atomic E-state index is 0.130. The summed E-state index contributed by atoms with van der Waals surface area (Å²) in [5, 5.41) is 4.34. The summed E-state index contributed by atoms with van der Waals surface area (Å²) in [5.74, 6) is 0.893. The largest absolute Gasteiger partial charge is 0.491 e. The molecule has 1 aromatic carbocycles. The van der Waals surface area contributed by atoms with E-state index in [4.69, 9.17) is 27.9 Å². The van der Waals surface area contributed by atoms with Crippen molar-refractivity contribution >= 4 is 34.8 Å². The highest BCUT2D eigenvalue weighted by molar-refractivity contribution is 6.37. The maximum Gasteiger partial charge on any atom is 0.220 e. The number of anilines is 1. The van der Waals surface area contributed by atoms with Crippen LogP contribution < -0.4 is 15.0 Å². The lowest BCUT2D eigenvalue weighted by Crippen LogP contribution is -2.37. The number of hydrogen-bond donors (Lipinski definition) is 1. The van der Waals surface area contributed by atoms with Gasteiger partial charge in [-0.25, -0.2) is 0 Å². The van der Waals surface area contributed by atoms with Crippen molar-refractivity contribution in [1.82, 2.24) is 5.32 Å². The molecule has 120 valence electrons. The number of carbonyl (C=O) groups excluding carboxylic acids is 1. The summed E-state index contributed by atoms with van der Waals surface area (Å²) in [4.78, 5) is 14.0. The van der Waals surface area contributed by atoms with Crippen LogP contribution in [0.5, 0.6) is 5.75 Å². The molecule has 1 amide bonds. The van der Waals surface area contributed by atoms with Crippen LogP contribution in [0.4, 0.5) is 5.69 Å². The van der Waals surface area contributed by atoms with Gasteiger partial charge in [0.15, 0.2) is 0 Å². The van der Waals surface area contributed by atoms with E-state index in [2.05, 4.69) is 10.2 Å². The highest BCUT2D eigenvalue weighted by atomic mass is 35.5. The van der Waals surface area contributed by atoms with Crippen molar-refractivity contribution in [3.05, 3.63) is 21.7 Å². The van der Waals surface area contributed by atoms with E-state index < -0.39 is 0 Å². The Morgan fingerprint density at radius 3 is 3.05 bits per heavy atom. The molecule has 2 aliphatic rings. The quantitative estimate of drug-likeness (QED) is 0.911. The Morgan fingerprint density at radius 1 is 1.45 bits per heavy atom. The average molecular weight is 343 g/mol. The van der Waals surface area contributed by atoms with Gasteiger partial charge < -0.3 is 15.0 Å². The molecule has 0 bridgehead atoms. The van der Waals surface area contributed by atoms with Gasteiger partial charge in [0.25, 0.3) is 0 Å². The SMILES string of the molecule is CCCC(=O)NC1CCN(c2c(Cl)cc(Cl)c3c2CCO3)C1. The first kappa shape index (κ1) is 15.8. The normalized spacial score (nSPS) is 20.0. The molecular weight excluding hydrogens is 323 g/mol. The summed E-state index contributed by atoms with van der Waals surface area (Å²) in [6, 6.07) is 1.94. The molecule has 1 N–H and O–H groups in total. The lowest BCUT2D eigenvalue weighted by atomic mass is 10.1. The van der Waals surface area contributed by atoms with Crippen molar-refractivity contribution < 1.29 is 9.53 Å². The third-order valence-corrected chi connectivity index (χ3v) is 4.77. The summed E-state index contributed by atoms with van der Waals surface area (Å²) in [6.07, 6.45) is 3.22. The summed E-state index contributed by atoms with van der Waals surface area (Å²) in [7, 11) is 0. The van der Waals surface area contributed by atoms with E-state index in [9.17, 15) is 4.79 Å². The van der Waals surface area contributed by atoms with E-state index in [0.717, 1.165) is 49.4 Å². The number of carbonyl (C=O) groups is 1. The van der Waals surface area contributed by atoms with E-state index in [1.165, 1.54) is 0 Å². The van der Waals surface area contributed by atoms with Crippen LogP contribution in [0, 0.1) is 0 Å². The van der Waals surface area contributed by atoms with Crippen LogP contribution in [-0.2, 0) is 11.2 Å². The van der Waals surface area contributed by atoms with Gasteiger partial charge in [0.2, 0.25) is 5.91 Å². The van der Waals surface area contributed by atoms with Crippen molar-refractivity contribution in [2.75, 3.05) is 24.6 Å². The monoisotopic (exact) mass is 342 g/mol. The molecule has 0 spiro atoms. The Labute approximate surface area is 140 Å². The second kappa shape index (κ2) is 6.55. The van der Waals surface area contributed by atoms with Gasteiger partial charge in [-0.05, 0) is 18.9 Å². The molecule has 3 rings (SSSR count). The van der Waals surface area contributed by atoms with Crippen LogP contribution >= 0.6 is 23.2 Å². The van der Waals surface area contributed by atoms with Crippen molar-refractivity contribution in [3.8, 4) is 5.75 Å². The number of halogens is 2. The van der Waals surface area contributed by atoms with Gasteiger partial charge >= 0.3 is 0 Å². The van der Waals surface area contributed by atoms with Crippen LogP contribution in [0.25, 0.3) is 0 Å². The molecule has 2 aliphatic heterocycles. The van der Waals surface area contributed by atoms with Crippen LogP contribution in [0.15, 0.2) is 6.07 Å². The van der Waals surface area contributed by atoms with Crippen LogP contribution in [-0.4, -0.2) is 31.6 Å². The summed E-state index contributed by atoms with van der Waals surface area (Å²) < 4.78 is 5.62. The second-order valence-corrected chi connectivity index (χ2v) is 6.66. The van der Waals surface area contributed by atoms with E-state index in [1.54, 1.807) is 6.07 Å². The van der Waals surface area contributed by atoms with Gasteiger partial charge in [0, 0.05) is 37.5 Å². The molecule has 1 aromatic rings. The Morgan fingerprint density at radius 2 is 2.27 bits per heavy atom. The van der Waals surface area contributed by atoms with Gasteiger partial charge in [-0.2, -0.15) is 0 Å². The van der Waals surface area contributed by atoms with Gasteiger partial charge in [-0.3, -0.25) is 4.79 Å². The lowest BCUT2D eigenvalue weighted by molar-refractivity contribution is -0.121. The minimum Gasteiger partial charge on any atom is -0.491 e. The number of rotatable bonds is 4. The maximum atomic E-state index is 11.7. The smallest absolute Gasteiger partial charge is 0.220 e. The molecule has 1 fully saturated rings. The Hall–Kier alpha value is -1.13. The predicted molar refractivity (Wildman–Crippen MR) is 89.3 cm³/mol. The Kier molecular flexibility index (Phi) is 4.69. The van der Waals surface area contributed by atoms with Crippen molar-refractivity contribution in [1.29, 1.82) is 0 Å². The third kappa shape index (κ3) is 2.99. The van der Waals surface area contributed by atoms with Crippen LogP contribution in [0.1, 0.15) is 31.7 Å². The van der Waals surface area contributed by atoms with E-state index in [-0.39, 0.29) is 11.9 Å². The Bertz CT molecular complexity index is 592. The fourth-order valence-electron chi connectivity index (χ4n) is 3.23. The zero-order valence-corrected chi connectivity index (χ0v) is 14.1. The fraction of sp³-hybridized carbons (Fsp3) is 0.562. The first-order chi connectivity index (χ1) is 10.6. The molecule has 0 aromatic heterocycles. The van der Waals surface area contributed by atoms with Crippen LogP contribution in [0.2, 0.25) is 10.0 Å². The van der Waals surface area contributed by atoms with Gasteiger partial charge in [-0.1, -0.05) is 30.1 Å². The standard InChI is InChI=1S/C16H20Cl2N2O2/c1-2-3-14(21)19-10-4-6-20(9-10)15-11-5-7-22-16(11)13(18)8-12(15)17/h8,10H,2-7,9H2,1H3,(H,19,21). The molecule has 4 nitrogen and oxygen atoms in total. The molecule has 1 unspecified atom stereocenters. The fourth-order valence-corrected chi connectivity index (χ4v) is 3.91. The first-order valence-electron chi connectivity index (χ1n) is 7.78. The highest BCUT2D eigenvalue weighted by Crippen LogP contribution is 2.45. The summed E-state index contributed by atoms with van der Waals surface area (Å²) >= 11 is 12.6. The van der Waals surface area contributed by atoms with Gasteiger partial charge in [0.05, 0.1) is 22.3 Å². The molecule has 1 saturated heterocycles. The molecule has 0 saturated carbocycles. The lowest BCUT2D eigenvalue weighted by Gasteiger charge is -2.23. The zero-order chi connectivity index (χ0) is 15.7. The molecule has 1 atom stereocenters. The molecular formula is C16H20Cl2N2O2. The number of ether oxygens (including phenoxy) is 1. The highest BCUT2D eigenvalue weighted by Gasteiger charge is 2.30. The van der Waals surface area contributed by atoms with Crippen LogP contribution in [0.3, 0.4) is 0 Å². The van der Waals surface area contributed by atoms with Crippen molar-refractivity contribution in [2.24, 2.45) is 0 Å². The van der Waals surface area contributed by atoms with Gasteiger partial charge in [0.1, 0.15) is 5.75 Å².